The molecule has 2 N–H and O–H groups in total. The standard InChI is InChI=1S/C43H45N5O6S/c1-3-53-38(49)26-47-21-18-43(19-22-47)24-29(43)17-23-54-35-12-7-9-30(27(35)2)31-14-15-37(45-39(31)41(51)52)48-20-16-28-8-6-10-32(33(28)25-48)40(50)46-42-44-34-11-4-5-13-36(34)55-42/h4-15,29H,3,16-26H2,1-2H3,(H,51,52)(H,44,46,50)/t29-/m0/s1. The number of ether oxygens (including phenoxy) is 2. The molecule has 55 heavy (non-hydrogen) atoms. The van der Waals surface area contributed by atoms with Crippen LogP contribution in [0.3, 0.4) is 0 Å². The summed E-state index contributed by atoms with van der Waals surface area (Å²) in [5.41, 5.74) is 5.89. The lowest BCUT2D eigenvalue weighted by Gasteiger charge is -2.32. The molecule has 2 aromatic heterocycles. The van der Waals surface area contributed by atoms with Crippen molar-refractivity contribution in [3.8, 4) is 16.9 Å². The quantitative estimate of drug-likeness (QED) is 0.122. The van der Waals surface area contributed by atoms with Gasteiger partial charge in [0.15, 0.2) is 10.8 Å². The van der Waals surface area contributed by atoms with E-state index >= 15 is 0 Å². The normalized spacial score (nSPS) is 17.5. The SMILES string of the molecule is CCOC(=O)CN1CCC2(CC1)C[C@@H]2CCOc1cccc(-c2ccc(N3CCc4cccc(C(=O)Nc5nc6ccccc6s5)c4C3)nc2C(=O)O)c1C. The Kier molecular flexibility index (Phi) is 10.3. The molecule has 8 rings (SSSR count). The van der Waals surface area contributed by atoms with Crippen LogP contribution in [0, 0.1) is 18.3 Å². The second-order valence-electron chi connectivity index (χ2n) is 14.8. The number of thiazole rings is 1. The zero-order valence-corrected chi connectivity index (χ0v) is 32.0. The molecule has 0 radical (unpaired) electrons. The summed E-state index contributed by atoms with van der Waals surface area (Å²) in [6, 6.07) is 23.0. The monoisotopic (exact) mass is 759 g/mol. The van der Waals surface area contributed by atoms with E-state index in [0.29, 0.717) is 72.7 Å². The number of hydrogen-bond acceptors (Lipinski definition) is 10. The van der Waals surface area contributed by atoms with E-state index in [0.717, 1.165) is 70.6 Å². The van der Waals surface area contributed by atoms with Gasteiger partial charge in [-0.05, 0) is 129 Å². The number of para-hydroxylation sites is 1. The van der Waals surface area contributed by atoms with Crippen LogP contribution in [-0.2, 0) is 22.5 Å². The fourth-order valence-electron chi connectivity index (χ4n) is 8.46. The van der Waals surface area contributed by atoms with Crippen molar-refractivity contribution in [2.45, 2.75) is 52.5 Å². The third kappa shape index (κ3) is 7.66. The minimum absolute atomic E-state index is 0.0281. The number of carbonyl (C=O) groups is 3. The molecule has 1 saturated carbocycles. The number of aromatic nitrogens is 2. The highest BCUT2D eigenvalue weighted by molar-refractivity contribution is 7.22. The first kappa shape index (κ1) is 36.6. The van der Waals surface area contributed by atoms with Crippen molar-refractivity contribution in [1.82, 2.24) is 14.9 Å². The molecule has 284 valence electrons. The van der Waals surface area contributed by atoms with E-state index in [1.807, 2.05) is 91.5 Å². The van der Waals surface area contributed by atoms with E-state index in [1.54, 1.807) is 0 Å². The summed E-state index contributed by atoms with van der Waals surface area (Å²) in [5, 5.41) is 13.9. The molecule has 0 unspecified atom stereocenters. The largest absolute Gasteiger partial charge is 0.493 e. The number of nitrogens with one attached hydrogen (secondary N) is 1. The summed E-state index contributed by atoms with van der Waals surface area (Å²) >= 11 is 1.44. The van der Waals surface area contributed by atoms with Crippen molar-refractivity contribution in [2.75, 3.05) is 49.6 Å². The lowest BCUT2D eigenvalue weighted by molar-refractivity contribution is -0.144. The number of carboxylic acid groups (broad SMARTS) is 1. The number of rotatable bonds is 12. The number of hydrogen-bond donors (Lipinski definition) is 2. The van der Waals surface area contributed by atoms with Crippen molar-refractivity contribution in [1.29, 1.82) is 0 Å². The minimum atomic E-state index is -1.11. The third-order valence-electron chi connectivity index (χ3n) is 11.6. The van der Waals surface area contributed by atoms with Gasteiger partial charge in [-0.3, -0.25) is 19.8 Å². The molecule has 2 aliphatic heterocycles. The Morgan fingerprint density at radius 2 is 1.78 bits per heavy atom. The summed E-state index contributed by atoms with van der Waals surface area (Å²) in [7, 11) is 0. The Morgan fingerprint density at radius 1 is 0.964 bits per heavy atom. The number of piperidine rings is 1. The molecule has 12 heteroatoms. The van der Waals surface area contributed by atoms with Gasteiger partial charge in [0, 0.05) is 24.2 Å². The maximum atomic E-state index is 13.6. The van der Waals surface area contributed by atoms with Gasteiger partial charge in [-0.2, -0.15) is 0 Å². The van der Waals surface area contributed by atoms with Gasteiger partial charge in [-0.25, -0.2) is 14.8 Å². The maximum Gasteiger partial charge on any atom is 0.355 e. The number of carbonyl (C=O) groups excluding carboxylic acids is 2. The number of pyridine rings is 1. The maximum absolute atomic E-state index is 13.6. The van der Waals surface area contributed by atoms with Gasteiger partial charge in [-0.1, -0.05) is 47.7 Å². The molecule has 3 aromatic carbocycles. The number of fused-ring (bicyclic) bond motifs is 2. The van der Waals surface area contributed by atoms with E-state index in [4.69, 9.17) is 14.5 Å². The molecule has 1 amide bonds. The molecule has 5 aromatic rings. The molecule has 11 nitrogen and oxygen atoms in total. The summed E-state index contributed by atoms with van der Waals surface area (Å²) in [6.45, 7) is 8.07. The second-order valence-corrected chi connectivity index (χ2v) is 15.9. The molecule has 1 aliphatic carbocycles. The van der Waals surface area contributed by atoms with Gasteiger partial charge < -0.3 is 19.5 Å². The predicted octanol–water partition coefficient (Wildman–Crippen LogP) is 7.61. The summed E-state index contributed by atoms with van der Waals surface area (Å²) in [4.78, 5) is 51.7. The fourth-order valence-corrected chi connectivity index (χ4v) is 9.32. The summed E-state index contributed by atoms with van der Waals surface area (Å²) in [5.74, 6) is 0.412. The van der Waals surface area contributed by atoms with E-state index < -0.39 is 5.97 Å². The first-order valence-corrected chi connectivity index (χ1v) is 19.9. The summed E-state index contributed by atoms with van der Waals surface area (Å²) < 4.78 is 12.5. The molecule has 1 saturated heterocycles. The Hall–Kier alpha value is -5.33. The number of anilines is 2. The molecule has 1 spiro atoms. The minimum Gasteiger partial charge on any atom is -0.493 e. The van der Waals surface area contributed by atoms with Crippen molar-refractivity contribution in [2.24, 2.45) is 11.3 Å². The number of aromatic carboxylic acids is 1. The smallest absolute Gasteiger partial charge is 0.355 e. The zero-order valence-electron chi connectivity index (χ0n) is 31.2. The lowest BCUT2D eigenvalue weighted by atomic mass is 9.90. The molecule has 1 atom stereocenters. The second kappa shape index (κ2) is 15.4. The van der Waals surface area contributed by atoms with E-state index in [-0.39, 0.29) is 17.6 Å². The van der Waals surface area contributed by atoms with E-state index in [2.05, 4.69) is 15.2 Å². The molecule has 3 aliphatic rings. The lowest BCUT2D eigenvalue weighted by Crippen LogP contribution is -2.39. The fraction of sp³-hybridized carbons (Fsp3) is 0.372. The highest BCUT2D eigenvalue weighted by Gasteiger charge is 2.54. The number of carboxylic acids is 1. The number of likely N-dealkylation sites (tertiary alicyclic amines) is 1. The van der Waals surface area contributed by atoms with Gasteiger partial charge in [0.25, 0.3) is 5.91 Å². The molecular weight excluding hydrogens is 715 g/mol. The number of nitrogens with zero attached hydrogens (tertiary/aromatic N) is 4. The molecular formula is C43H45N5O6S. The van der Waals surface area contributed by atoms with Crippen LogP contribution in [0.25, 0.3) is 21.3 Å². The van der Waals surface area contributed by atoms with Crippen LogP contribution in [0.15, 0.2) is 72.8 Å². The average Bonchev–Trinajstić information content (AvgIpc) is 3.68. The van der Waals surface area contributed by atoms with Gasteiger partial charge in [0.1, 0.15) is 11.6 Å². The Labute approximate surface area is 324 Å². The Morgan fingerprint density at radius 3 is 2.58 bits per heavy atom. The van der Waals surface area contributed by atoms with E-state index in [1.165, 1.54) is 17.8 Å². The van der Waals surface area contributed by atoms with Crippen molar-refractivity contribution < 1.29 is 29.0 Å². The summed E-state index contributed by atoms with van der Waals surface area (Å²) in [6.07, 6.45) is 5.04. The van der Waals surface area contributed by atoms with Crippen LogP contribution in [0.4, 0.5) is 10.9 Å². The Bertz CT molecular complexity index is 2230. The van der Waals surface area contributed by atoms with Crippen molar-refractivity contribution in [3.05, 3.63) is 101 Å². The first-order chi connectivity index (χ1) is 26.7. The zero-order chi connectivity index (χ0) is 38.1. The van der Waals surface area contributed by atoms with Crippen molar-refractivity contribution in [3.63, 3.8) is 0 Å². The van der Waals surface area contributed by atoms with E-state index in [9.17, 15) is 19.5 Å². The number of esters is 1. The van der Waals surface area contributed by atoms with Crippen LogP contribution < -0.4 is 15.0 Å². The number of benzene rings is 3. The van der Waals surface area contributed by atoms with Crippen LogP contribution in [0.5, 0.6) is 5.75 Å². The van der Waals surface area contributed by atoms with Crippen LogP contribution in [-0.4, -0.2) is 77.2 Å². The topological polar surface area (TPSA) is 134 Å². The van der Waals surface area contributed by atoms with Gasteiger partial charge in [0.2, 0.25) is 0 Å². The molecule has 2 fully saturated rings. The van der Waals surface area contributed by atoms with Gasteiger partial charge in [0.05, 0.1) is 30.0 Å². The first-order valence-electron chi connectivity index (χ1n) is 19.1. The highest BCUT2D eigenvalue weighted by atomic mass is 32.1. The molecule has 0 bridgehead atoms. The molecule has 4 heterocycles. The van der Waals surface area contributed by atoms with Crippen LogP contribution in [0.1, 0.15) is 70.1 Å². The predicted molar refractivity (Wildman–Crippen MR) is 213 cm³/mol. The van der Waals surface area contributed by atoms with Gasteiger partial charge in [-0.15, -0.1) is 0 Å². The Balaban J connectivity index is 0.928. The number of amides is 1. The third-order valence-corrected chi connectivity index (χ3v) is 12.6. The average molecular weight is 760 g/mol. The highest BCUT2D eigenvalue weighted by Crippen LogP contribution is 2.60. The van der Waals surface area contributed by atoms with Crippen LogP contribution in [0.2, 0.25) is 0 Å². The van der Waals surface area contributed by atoms with Gasteiger partial charge >= 0.3 is 11.9 Å². The van der Waals surface area contributed by atoms with Crippen molar-refractivity contribution >= 4 is 50.3 Å². The van der Waals surface area contributed by atoms with Crippen LogP contribution >= 0.6 is 11.3 Å².